The Kier molecular flexibility index (Phi) is 13.7. The van der Waals surface area contributed by atoms with Crippen molar-refractivity contribution in [2.75, 3.05) is 0 Å². The summed E-state index contributed by atoms with van der Waals surface area (Å²) < 4.78 is 0. The fraction of sp³-hybridized carbons (Fsp3) is 0.533. The molecule has 12 heteroatoms. The van der Waals surface area contributed by atoms with Gasteiger partial charge >= 0.3 is 0 Å². The summed E-state index contributed by atoms with van der Waals surface area (Å²) in [5, 5.41) is 23.2. The van der Waals surface area contributed by atoms with Crippen molar-refractivity contribution in [2.24, 2.45) is 0 Å². The Morgan fingerprint density at radius 2 is 0.786 bits per heavy atom. The quantitative estimate of drug-likeness (QED) is 0.0852. The number of aromatic nitrogens is 4. The molecule has 0 spiro atoms. The summed E-state index contributed by atoms with van der Waals surface area (Å²) in [6.07, 6.45) is 16.1. The molecule has 0 radical (unpaired) electrons. The molecule has 0 N–H and O–H groups in total. The van der Waals surface area contributed by atoms with Crippen molar-refractivity contribution < 1.29 is 0 Å². The molecule has 0 saturated carbocycles. The Morgan fingerprint density at radius 3 is 1.17 bits per heavy atom. The van der Waals surface area contributed by atoms with Gasteiger partial charge in [-0.25, -0.2) is 0 Å². The molecule has 228 valence electrons. The van der Waals surface area contributed by atoms with Crippen LogP contribution in [0.3, 0.4) is 0 Å². The number of aryl methyl sites for hydroxylation is 2. The van der Waals surface area contributed by atoms with E-state index in [1.807, 2.05) is 0 Å². The Balaban J connectivity index is 1.70. The third kappa shape index (κ3) is 8.04. The third-order valence-electron chi connectivity index (χ3n) is 7.25. The van der Waals surface area contributed by atoms with Crippen LogP contribution in [0, 0.1) is 0 Å². The molecule has 0 amide bonds. The first kappa shape index (κ1) is 34.4. The predicted molar refractivity (Wildman–Crippen MR) is 186 cm³/mol. The van der Waals surface area contributed by atoms with Gasteiger partial charge in [0, 0.05) is 34.7 Å². The summed E-state index contributed by atoms with van der Waals surface area (Å²) in [5.74, 6) is 0. The fourth-order valence-corrected chi connectivity index (χ4v) is 8.56. The van der Waals surface area contributed by atoms with Crippen LogP contribution in [-0.4, -0.2) is 20.4 Å². The number of hydrogen-bond donors (Lipinski definition) is 0. The highest BCUT2D eigenvalue weighted by atomic mass is 35.5. The van der Waals surface area contributed by atoms with E-state index in [0.717, 1.165) is 48.5 Å². The van der Waals surface area contributed by atoms with Gasteiger partial charge in [-0.1, -0.05) is 170 Å². The van der Waals surface area contributed by atoms with E-state index in [1.54, 1.807) is 0 Å². The highest BCUT2D eigenvalue weighted by molar-refractivity contribution is 7.15. The van der Waals surface area contributed by atoms with Gasteiger partial charge in [-0.15, -0.1) is 20.4 Å². The van der Waals surface area contributed by atoms with Crippen LogP contribution in [0.25, 0.3) is 31.9 Å². The van der Waals surface area contributed by atoms with Crippen molar-refractivity contribution in [2.45, 2.75) is 104 Å². The average molecular weight is 727 g/mol. The van der Waals surface area contributed by atoms with Crippen molar-refractivity contribution >= 4 is 103 Å². The molecule has 0 fully saturated rings. The normalized spacial score (nSPS) is 11.7. The van der Waals surface area contributed by atoms with E-state index in [-0.39, 0.29) is 30.1 Å². The molecule has 4 rings (SSSR count). The van der Waals surface area contributed by atoms with Gasteiger partial charge in [-0.2, -0.15) is 0 Å². The topological polar surface area (TPSA) is 51.6 Å². The summed E-state index contributed by atoms with van der Waals surface area (Å²) in [6, 6.07) is 0. The van der Waals surface area contributed by atoms with E-state index < -0.39 is 0 Å². The summed E-state index contributed by atoms with van der Waals surface area (Å²) >= 11 is 43.8. The second kappa shape index (κ2) is 16.7. The lowest BCUT2D eigenvalue weighted by Gasteiger charge is -2.17. The maximum absolute atomic E-state index is 6.87. The lowest BCUT2D eigenvalue weighted by molar-refractivity contribution is 0.606. The molecule has 0 aliphatic carbocycles. The lowest BCUT2D eigenvalue weighted by Crippen LogP contribution is -1.93. The van der Waals surface area contributed by atoms with Crippen LogP contribution >= 0.6 is 92.3 Å². The Labute approximate surface area is 286 Å². The van der Waals surface area contributed by atoms with Gasteiger partial charge in [0.1, 0.15) is 20.0 Å². The van der Waals surface area contributed by atoms with Crippen molar-refractivity contribution in [3.05, 3.63) is 40.2 Å². The van der Waals surface area contributed by atoms with Crippen LogP contribution < -0.4 is 0 Å². The number of benzene rings is 2. The predicted octanol–water partition coefficient (Wildman–Crippen LogP) is 13.6. The number of nitrogens with zero attached hydrogens (tertiary/aromatic N) is 4. The molecule has 0 aliphatic heterocycles. The van der Waals surface area contributed by atoms with Crippen LogP contribution in [0.2, 0.25) is 30.1 Å². The first-order chi connectivity index (χ1) is 20.3. The molecule has 4 aromatic rings. The van der Waals surface area contributed by atoms with Crippen LogP contribution in [-0.2, 0) is 12.8 Å². The van der Waals surface area contributed by atoms with Crippen molar-refractivity contribution in [3.8, 4) is 21.1 Å². The van der Waals surface area contributed by atoms with E-state index >= 15 is 0 Å². The largest absolute Gasteiger partial charge is 0.150 e. The Bertz CT molecular complexity index is 1390. The van der Waals surface area contributed by atoms with Crippen LogP contribution in [0.5, 0.6) is 0 Å². The van der Waals surface area contributed by atoms with E-state index in [0.29, 0.717) is 31.9 Å². The Morgan fingerprint density at radius 1 is 0.429 bits per heavy atom. The number of unbranched alkanes of at least 4 members (excludes halogenated alkanes) is 10. The number of halogens is 6. The van der Waals surface area contributed by atoms with Crippen molar-refractivity contribution in [1.82, 2.24) is 20.4 Å². The van der Waals surface area contributed by atoms with Gasteiger partial charge in [-0.05, 0) is 12.8 Å². The second-order valence-corrected chi connectivity index (χ2v) is 14.8. The molecular weight excluding hydrogens is 693 g/mol. The van der Waals surface area contributed by atoms with Gasteiger partial charge in [0.2, 0.25) is 0 Å². The number of rotatable bonds is 16. The molecule has 0 bridgehead atoms. The van der Waals surface area contributed by atoms with Crippen LogP contribution in [0.1, 0.15) is 101 Å². The smallest absolute Gasteiger partial charge is 0.143 e. The fourth-order valence-electron chi connectivity index (χ4n) is 4.97. The zero-order valence-corrected chi connectivity index (χ0v) is 29.9. The van der Waals surface area contributed by atoms with Gasteiger partial charge in [0.25, 0.3) is 0 Å². The van der Waals surface area contributed by atoms with Gasteiger partial charge in [-0.3, -0.25) is 0 Å². The average Bonchev–Trinajstić information content (AvgIpc) is 3.65. The maximum atomic E-state index is 6.87. The van der Waals surface area contributed by atoms with Crippen molar-refractivity contribution in [1.29, 1.82) is 0 Å². The summed E-state index contributed by atoms with van der Waals surface area (Å²) in [5.41, 5.74) is 1.07. The maximum Gasteiger partial charge on any atom is 0.150 e. The van der Waals surface area contributed by atoms with E-state index in [2.05, 4.69) is 34.2 Å². The van der Waals surface area contributed by atoms with Gasteiger partial charge < -0.3 is 0 Å². The minimum absolute atomic E-state index is 0.182. The van der Waals surface area contributed by atoms with E-state index in [9.17, 15) is 0 Å². The molecule has 2 aromatic heterocycles. The second-order valence-electron chi connectivity index (χ2n) is 10.4. The molecule has 0 saturated heterocycles. The molecule has 42 heavy (non-hydrogen) atoms. The zero-order chi connectivity index (χ0) is 30.2. The van der Waals surface area contributed by atoms with Crippen LogP contribution in [0.4, 0.5) is 0 Å². The number of hydrogen-bond acceptors (Lipinski definition) is 6. The minimum atomic E-state index is 0.182. The highest BCUT2D eigenvalue weighted by Gasteiger charge is 2.29. The van der Waals surface area contributed by atoms with Crippen LogP contribution in [0.15, 0.2) is 0 Å². The first-order valence-electron chi connectivity index (χ1n) is 14.6. The van der Waals surface area contributed by atoms with Gasteiger partial charge in [0.05, 0.1) is 30.1 Å². The Hall–Kier alpha value is -0.440. The van der Waals surface area contributed by atoms with E-state index in [1.165, 1.54) is 74.0 Å². The van der Waals surface area contributed by atoms with Crippen molar-refractivity contribution in [3.63, 3.8) is 0 Å². The van der Waals surface area contributed by atoms with Gasteiger partial charge in [0.15, 0.2) is 0 Å². The summed E-state index contributed by atoms with van der Waals surface area (Å²) in [4.78, 5) is 0. The third-order valence-corrected chi connectivity index (χ3v) is 11.9. The first-order valence-corrected chi connectivity index (χ1v) is 18.5. The molecule has 2 heterocycles. The minimum Gasteiger partial charge on any atom is -0.143 e. The highest BCUT2D eigenvalue weighted by Crippen LogP contribution is 2.55. The molecule has 0 aliphatic rings. The molecular formula is C30H34Cl6N4S2. The molecule has 2 aromatic carbocycles. The monoisotopic (exact) mass is 724 g/mol. The lowest BCUT2D eigenvalue weighted by atomic mass is 9.99. The summed E-state index contributed by atoms with van der Waals surface area (Å²) in [6.45, 7) is 4.44. The molecule has 4 nitrogen and oxygen atoms in total. The molecule has 0 atom stereocenters. The zero-order valence-electron chi connectivity index (χ0n) is 23.8. The number of fused-ring (bicyclic) bond motifs is 1. The summed E-state index contributed by atoms with van der Waals surface area (Å²) in [7, 11) is 0. The van der Waals surface area contributed by atoms with E-state index in [4.69, 9.17) is 69.6 Å². The standard InChI is InChI=1S/C30H34Cl6N4S2/c1-3-5-7-9-11-13-15-17-37-39-29(41-17)21-19-20(24(32)27(35)25(21)33)22(26(34)28(36)23(19)31)30-40-38-18(42-30)16-14-12-10-8-6-4-2/h3-16H2,1-2H3. The molecule has 0 unspecified atom stereocenters. The SMILES string of the molecule is CCCCCCCCc1nnc(-c2c(Cl)c(Cl)c(Cl)c3c(-c4nnc(CCCCCCCC)s4)c(Cl)c(Cl)c(Cl)c23)s1.